The van der Waals surface area contributed by atoms with Crippen molar-refractivity contribution in [2.24, 2.45) is 0 Å². The molecule has 0 spiro atoms. The molecule has 4 rings (SSSR count). The number of hydrogen-bond acceptors (Lipinski definition) is 8. The van der Waals surface area contributed by atoms with Crippen molar-refractivity contribution < 1.29 is 14.3 Å². The second kappa shape index (κ2) is 9.25. The number of nitrogens with zero attached hydrogens (tertiary/aromatic N) is 3. The Morgan fingerprint density at radius 2 is 2.30 bits per heavy atom. The van der Waals surface area contributed by atoms with Crippen LogP contribution in [0, 0.1) is 0 Å². The monoisotopic (exact) mass is 446 g/mol. The van der Waals surface area contributed by atoms with Gasteiger partial charge in [-0.25, -0.2) is 4.98 Å². The molecule has 2 fully saturated rings. The Morgan fingerprint density at radius 3 is 3.07 bits per heavy atom. The van der Waals surface area contributed by atoms with Crippen molar-refractivity contribution in [3.63, 3.8) is 0 Å². The van der Waals surface area contributed by atoms with E-state index in [-0.39, 0.29) is 17.6 Å². The minimum Gasteiger partial charge on any atom is -0.383 e. The molecule has 1 N–H and O–H groups in total. The van der Waals surface area contributed by atoms with Gasteiger partial charge in [0.2, 0.25) is 0 Å². The lowest BCUT2D eigenvalue weighted by Gasteiger charge is -2.14. The van der Waals surface area contributed by atoms with Gasteiger partial charge >= 0.3 is 0 Å². The van der Waals surface area contributed by atoms with Crippen LogP contribution in [-0.4, -0.2) is 64.0 Å². The summed E-state index contributed by atoms with van der Waals surface area (Å²) in [6, 6.07) is 5.36. The maximum Gasteiger partial charge on any atom is 0.267 e. The number of thioether (sulfide) groups is 1. The number of carbonyl (C=O) groups excluding carboxylic acids is 1. The van der Waals surface area contributed by atoms with Crippen molar-refractivity contribution in [3.8, 4) is 0 Å². The summed E-state index contributed by atoms with van der Waals surface area (Å²) >= 11 is 6.51. The van der Waals surface area contributed by atoms with Crippen molar-refractivity contribution in [1.29, 1.82) is 0 Å². The van der Waals surface area contributed by atoms with Gasteiger partial charge in [0.05, 0.1) is 29.7 Å². The number of fused-ring (bicyclic) bond motifs is 1. The highest BCUT2D eigenvalue weighted by atomic mass is 32.2. The summed E-state index contributed by atoms with van der Waals surface area (Å²) in [4.78, 5) is 32.5. The molecule has 158 valence electrons. The maximum atomic E-state index is 13.2. The molecule has 1 atom stereocenters. The zero-order valence-electron chi connectivity index (χ0n) is 16.5. The Morgan fingerprint density at radius 1 is 1.43 bits per heavy atom. The number of nitrogens with one attached hydrogen (secondary N) is 1. The molecule has 2 saturated heterocycles. The molecule has 0 saturated carbocycles. The maximum absolute atomic E-state index is 13.2. The number of pyridine rings is 1. The second-order valence-corrected chi connectivity index (χ2v) is 8.63. The van der Waals surface area contributed by atoms with Crippen LogP contribution in [-0.2, 0) is 14.3 Å². The van der Waals surface area contributed by atoms with Gasteiger partial charge in [-0.15, -0.1) is 0 Å². The van der Waals surface area contributed by atoms with E-state index in [0.29, 0.717) is 46.0 Å². The number of anilines is 1. The first-order valence-electron chi connectivity index (χ1n) is 9.69. The summed E-state index contributed by atoms with van der Waals surface area (Å²) in [5.41, 5.74) is 0.601. The molecule has 4 heterocycles. The van der Waals surface area contributed by atoms with Gasteiger partial charge in [-0.3, -0.25) is 18.9 Å². The van der Waals surface area contributed by atoms with E-state index in [0.717, 1.165) is 19.4 Å². The lowest BCUT2D eigenvalue weighted by Crippen LogP contribution is -2.31. The van der Waals surface area contributed by atoms with Gasteiger partial charge in [0.15, 0.2) is 0 Å². The summed E-state index contributed by atoms with van der Waals surface area (Å²) in [7, 11) is 1.57. The summed E-state index contributed by atoms with van der Waals surface area (Å²) in [5.74, 6) is 0.202. The third-order valence-electron chi connectivity index (χ3n) is 4.96. The molecule has 10 heteroatoms. The molecule has 0 aromatic carbocycles. The lowest BCUT2D eigenvalue weighted by molar-refractivity contribution is -0.122. The number of rotatable bonds is 7. The van der Waals surface area contributed by atoms with Gasteiger partial charge in [0.1, 0.15) is 15.8 Å². The Bertz CT molecular complexity index is 1060. The molecule has 0 radical (unpaired) electrons. The second-order valence-electron chi connectivity index (χ2n) is 6.95. The van der Waals surface area contributed by atoms with Crippen molar-refractivity contribution >= 4 is 51.7 Å². The first kappa shape index (κ1) is 21.0. The van der Waals surface area contributed by atoms with Crippen LogP contribution in [0.2, 0.25) is 0 Å². The number of methoxy groups -OCH3 is 1. The third-order valence-corrected chi connectivity index (χ3v) is 6.34. The first-order chi connectivity index (χ1) is 14.6. The van der Waals surface area contributed by atoms with Crippen molar-refractivity contribution in [3.05, 3.63) is 45.2 Å². The Balaban J connectivity index is 1.71. The van der Waals surface area contributed by atoms with Gasteiger partial charge < -0.3 is 14.8 Å². The summed E-state index contributed by atoms with van der Waals surface area (Å²) in [6.07, 6.45) is 5.32. The van der Waals surface area contributed by atoms with Gasteiger partial charge in [0.25, 0.3) is 11.5 Å². The van der Waals surface area contributed by atoms with E-state index in [9.17, 15) is 9.59 Å². The van der Waals surface area contributed by atoms with E-state index >= 15 is 0 Å². The minimum absolute atomic E-state index is 0.0844. The number of aromatic nitrogens is 2. The summed E-state index contributed by atoms with van der Waals surface area (Å²) in [5, 5.41) is 3.25. The lowest BCUT2D eigenvalue weighted by atomic mass is 10.2. The third kappa shape index (κ3) is 4.27. The molecule has 0 aliphatic carbocycles. The SMILES string of the molecule is COCCN1C(=O)/C(=C/c2c(NC[C@@H]3CCCO3)nc3ccccn3c2=O)SC1=S. The molecule has 0 bridgehead atoms. The van der Waals surface area contributed by atoms with E-state index in [1.54, 1.807) is 31.5 Å². The fraction of sp³-hybridized carbons (Fsp3) is 0.400. The molecular weight excluding hydrogens is 424 g/mol. The predicted molar refractivity (Wildman–Crippen MR) is 121 cm³/mol. The van der Waals surface area contributed by atoms with Gasteiger partial charge in [0, 0.05) is 26.5 Å². The molecule has 0 unspecified atom stereocenters. The molecule has 2 aliphatic rings. The smallest absolute Gasteiger partial charge is 0.267 e. The van der Waals surface area contributed by atoms with E-state index in [1.807, 2.05) is 6.07 Å². The van der Waals surface area contributed by atoms with E-state index in [4.69, 9.17) is 21.7 Å². The highest BCUT2D eigenvalue weighted by molar-refractivity contribution is 8.26. The summed E-state index contributed by atoms with van der Waals surface area (Å²) in [6.45, 7) is 2.05. The Kier molecular flexibility index (Phi) is 6.47. The Hall–Kier alpha value is -2.27. The largest absolute Gasteiger partial charge is 0.383 e. The van der Waals surface area contributed by atoms with E-state index < -0.39 is 0 Å². The Labute approximate surface area is 183 Å². The van der Waals surface area contributed by atoms with Crippen molar-refractivity contribution in [1.82, 2.24) is 14.3 Å². The van der Waals surface area contributed by atoms with Crippen LogP contribution >= 0.6 is 24.0 Å². The minimum atomic E-state index is -0.252. The average Bonchev–Trinajstić information content (AvgIpc) is 3.36. The van der Waals surface area contributed by atoms with Crippen LogP contribution < -0.4 is 10.9 Å². The number of thiocarbonyl (C=S) groups is 1. The van der Waals surface area contributed by atoms with Gasteiger partial charge in [-0.2, -0.15) is 0 Å². The van der Waals surface area contributed by atoms with E-state index in [2.05, 4.69) is 10.3 Å². The topological polar surface area (TPSA) is 85.2 Å². The first-order valence-corrected chi connectivity index (χ1v) is 10.9. The number of carbonyl (C=O) groups is 1. The molecule has 8 nitrogen and oxygen atoms in total. The predicted octanol–water partition coefficient (Wildman–Crippen LogP) is 2.13. The molecule has 2 aromatic rings. The number of hydrogen-bond donors (Lipinski definition) is 1. The van der Waals surface area contributed by atoms with Crippen LogP contribution in [0.15, 0.2) is 34.1 Å². The van der Waals surface area contributed by atoms with Crippen molar-refractivity contribution in [2.75, 3.05) is 38.7 Å². The average molecular weight is 447 g/mol. The van der Waals surface area contributed by atoms with Crippen LogP contribution in [0.25, 0.3) is 11.7 Å². The van der Waals surface area contributed by atoms with Crippen LogP contribution in [0.1, 0.15) is 18.4 Å². The van der Waals surface area contributed by atoms with Crippen molar-refractivity contribution in [2.45, 2.75) is 18.9 Å². The molecule has 2 aliphatic heterocycles. The van der Waals surface area contributed by atoms with Crippen LogP contribution in [0.5, 0.6) is 0 Å². The summed E-state index contributed by atoms with van der Waals surface area (Å²) < 4.78 is 12.6. The van der Waals surface area contributed by atoms with Gasteiger partial charge in [-0.1, -0.05) is 30.0 Å². The molecular formula is C20H22N4O4S2. The number of ether oxygens (including phenoxy) is 2. The highest BCUT2D eigenvalue weighted by Crippen LogP contribution is 2.32. The number of amides is 1. The van der Waals surface area contributed by atoms with Gasteiger partial charge in [-0.05, 0) is 31.1 Å². The highest BCUT2D eigenvalue weighted by Gasteiger charge is 2.32. The fourth-order valence-corrected chi connectivity index (χ4v) is 4.68. The normalized spacial score (nSPS) is 20.6. The zero-order chi connectivity index (χ0) is 21.1. The zero-order valence-corrected chi connectivity index (χ0v) is 18.1. The standard InChI is InChI=1S/C20H22N4O4S2/c1-27-10-8-24-19(26)15(30-20(24)29)11-14-17(21-12-13-5-4-9-28-13)22-16-6-2-3-7-23(16)18(14)25/h2-3,6-7,11,13,21H,4-5,8-10,12H2,1H3/b15-11-/t13-/m0/s1. The van der Waals surface area contributed by atoms with Crippen LogP contribution in [0.3, 0.4) is 0 Å². The van der Waals surface area contributed by atoms with E-state index in [1.165, 1.54) is 21.1 Å². The fourth-order valence-electron chi connectivity index (χ4n) is 3.39. The van der Waals surface area contributed by atoms with Crippen LogP contribution in [0.4, 0.5) is 5.82 Å². The quantitative estimate of drug-likeness (QED) is 0.512. The molecule has 30 heavy (non-hydrogen) atoms. The molecule has 2 aromatic heterocycles. The molecule has 1 amide bonds.